The van der Waals surface area contributed by atoms with Crippen molar-refractivity contribution >= 4 is 28.5 Å². The topological polar surface area (TPSA) is 142 Å². The van der Waals surface area contributed by atoms with Crippen LogP contribution in [0.5, 0.6) is 0 Å². The fourth-order valence-corrected chi connectivity index (χ4v) is 3.80. The van der Waals surface area contributed by atoms with Crippen molar-refractivity contribution in [2.24, 2.45) is 4.99 Å². The van der Waals surface area contributed by atoms with Crippen LogP contribution in [0, 0.1) is 44.2 Å². The summed E-state index contributed by atoms with van der Waals surface area (Å²) in [6, 6.07) is 11.6. The quantitative estimate of drug-likeness (QED) is 0.330. The molecule has 0 saturated heterocycles. The summed E-state index contributed by atoms with van der Waals surface area (Å²) >= 11 is 0. The highest BCUT2D eigenvalue weighted by atomic mass is 16.6. The molecule has 0 radical (unpaired) electrons. The Labute approximate surface area is 174 Å². The van der Waals surface area contributed by atoms with Gasteiger partial charge in [0.1, 0.15) is 0 Å². The molecule has 3 aromatic carbocycles. The maximum absolute atomic E-state index is 11.7. The van der Waals surface area contributed by atoms with Gasteiger partial charge in [-0.15, -0.1) is 0 Å². The molecule has 0 aliphatic heterocycles. The lowest BCUT2D eigenvalue weighted by atomic mass is 10.0. The molecule has 10 heteroatoms. The zero-order valence-electron chi connectivity index (χ0n) is 16.4. The number of non-ortho nitro benzene ring substituents is 2. The van der Waals surface area contributed by atoms with Gasteiger partial charge in [-0.1, -0.05) is 6.07 Å². The Morgan fingerprint density at radius 3 is 1.87 bits per heavy atom. The molecule has 0 saturated carbocycles. The highest BCUT2D eigenvalue weighted by Gasteiger charge is 2.35. The highest BCUT2D eigenvalue weighted by molar-refractivity contribution is 6.27. The summed E-state index contributed by atoms with van der Waals surface area (Å²) in [5.41, 5.74) is 2.51. The number of fused-ring (bicyclic) bond motifs is 3. The highest BCUT2D eigenvalue weighted by Crippen LogP contribution is 2.46. The van der Waals surface area contributed by atoms with E-state index in [-0.39, 0.29) is 22.5 Å². The number of aryl methyl sites for hydroxylation is 2. The summed E-state index contributed by atoms with van der Waals surface area (Å²) < 4.78 is 0. The molecule has 31 heavy (non-hydrogen) atoms. The Hall–Kier alpha value is -4.47. The number of hydrogen-bond acceptors (Lipinski definition) is 7. The van der Waals surface area contributed by atoms with Crippen molar-refractivity contribution in [3.63, 3.8) is 0 Å². The largest absolute Gasteiger partial charge is 0.284 e. The SMILES string of the molecule is Cc1cc(C)cc(N=C2c3cc([N+](=O)[O-])ccc3-c3c2cc([N+](=O)[O-])cc3[N+](=O)[O-])c1. The number of nitrogens with zero attached hydrogens (tertiary/aromatic N) is 4. The summed E-state index contributed by atoms with van der Waals surface area (Å²) in [5.74, 6) is 0. The van der Waals surface area contributed by atoms with E-state index in [0.717, 1.165) is 17.2 Å². The van der Waals surface area contributed by atoms with E-state index in [0.29, 0.717) is 16.8 Å². The van der Waals surface area contributed by atoms with Gasteiger partial charge in [-0.25, -0.2) is 4.99 Å². The first-order valence-electron chi connectivity index (χ1n) is 9.09. The molecule has 0 amide bonds. The molecule has 0 fully saturated rings. The van der Waals surface area contributed by atoms with Crippen LogP contribution in [-0.2, 0) is 0 Å². The summed E-state index contributed by atoms with van der Waals surface area (Å²) in [7, 11) is 0. The maximum Gasteiger partial charge on any atom is 0.284 e. The molecule has 154 valence electrons. The van der Waals surface area contributed by atoms with E-state index in [1.807, 2.05) is 19.9 Å². The Balaban J connectivity index is 2.09. The van der Waals surface area contributed by atoms with Crippen LogP contribution in [0.15, 0.2) is 53.5 Å². The van der Waals surface area contributed by atoms with Crippen molar-refractivity contribution in [2.75, 3.05) is 0 Å². The van der Waals surface area contributed by atoms with Crippen molar-refractivity contribution in [1.29, 1.82) is 0 Å². The van der Waals surface area contributed by atoms with E-state index in [1.165, 1.54) is 24.3 Å². The minimum absolute atomic E-state index is 0.156. The van der Waals surface area contributed by atoms with Gasteiger partial charge in [0.25, 0.3) is 17.1 Å². The lowest BCUT2D eigenvalue weighted by Gasteiger charge is -2.05. The molecule has 4 rings (SSSR count). The minimum Gasteiger partial charge on any atom is -0.258 e. The molecule has 0 atom stereocenters. The van der Waals surface area contributed by atoms with Crippen molar-refractivity contribution in [3.8, 4) is 11.1 Å². The molecule has 1 aliphatic rings. The molecule has 0 N–H and O–H groups in total. The summed E-state index contributed by atoms with van der Waals surface area (Å²) in [6.07, 6.45) is 0. The number of nitro benzene ring substituents is 3. The first-order chi connectivity index (χ1) is 14.7. The number of aliphatic imine (C=N–C) groups is 1. The normalized spacial score (nSPS) is 13.0. The Morgan fingerprint density at radius 2 is 1.29 bits per heavy atom. The van der Waals surface area contributed by atoms with E-state index in [4.69, 9.17) is 0 Å². The van der Waals surface area contributed by atoms with Crippen LogP contribution in [-0.4, -0.2) is 20.5 Å². The first-order valence-corrected chi connectivity index (χ1v) is 9.09. The van der Waals surface area contributed by atoms with Crippen molar-refractivity contribution < 1.29 is 14.8 Å². The van der Waals surface area contributed by atoms with Crippen LogP contribution in [0.3, 0.4) is 0 Å². The number of rotatable bonds is 4. The molecular formula is C21H14N4O6. The fourth-order valence-electron chi connectivity index (χ4n) is 3.80. The van der Waals surface area contributed by atoms with Gasteiger partial charge in [-0.05, 0) is 48.7 Å². The smallest absolute Gasteiger partial charge is 0.258 e. The molecule has 10 nitrogen and oxygen atoms in total. The van der Waals surface area contributed by atoms with Gasteiger partial charge < -0.3 is 0 Å². The monoisotopic (exact) mass is 418 g/mol. The Morgan fingerprint density at radius 1 is 0.677 bits per heavy atom. The van der Waals surface area contributed by atoms with Crippen LogP contribution >= 0.6 is 0 Å². The molecule has 3 aromatic rings. The molecule has 0 unspecified atom stereocenters. The molecule has 0 bridgehead atoms. The van der Waals surface area contributed by atoms with E-state index in [1.54, 1.807) is 12.1 Å². The zero-order chi connectivity index (χ0) is 22.4. The summed E-state index contributed by atoms with van der Waals surface area (Å²) in [4.78, 5) is 37.0. The second-order valence-corrected chi connectivity index (χ2v) is 7.19. The van der Waals surface area contributed by atoms with Gasteiger partial charge >= 0.3 is 0 Å². The van der Waals surface area contributed by atoms with E-state index in [2.05, 4.69) is 4.99 Å². The molecule has 0 spiro atoms. The van der Waals surface area contributed by atoms with Crippen molar-refractivity contribution in [2.45, 2.75) is 13.8 Å². The van der Waals surface area contributed by atoms with Gasteiger partial charge in [0.2, 0.25) is 0 Å². The number of nitro groups is 3. The van der Waals surface area contributed by atoms with E-state index < -0.39 is 26.1 Å². The van der Waals surface area contributed by atoms with Crippen molar-refractivity contribution in [1.82, 2.24) is 0 Å². The predicted molar refractivity (Wildman–Crippen MR) is 113 cm³/mol. The standard InChI is InChI=1S/C21H14N4O6/c1-11-5-12(2)7-13(6-11)22-21-17-8-14(23(26)27)3-4-16(17)20-18(21)9-15(24(28)29)10-19(20)25(30)31/h3-10H,1-2H3. The van der Waals surface area contributed by atoms with Gasteiger partial charge in [0.15, 0.2) is 0 Å². The van der Waals surface area contributed by atoms with Crippen LogP contribution in [0.4, 0.5) is 22.7 Å². The third-order valence-corrected chi connectivity index (χ3v) is 4.95. The second-order valence-electron chi connectivity index (χ2n) is 7.19. The first kappa shape index (κ1) is 19.8. The van der Waals surface area contributed by atoms with Gasteiger partial charge in [-0.3, -0.25) is 30.3 Å². The van der Waals surface area contributed by atoms with Gasteiger partial charge in [0.05, 0.1) is 37.8 Å². The maximum atomic E-state index is 11.7. The molecule has 1 aliphatic carbocycles. The van der Waals surface area contributed by atoms with Crippen LogP contribution < -0.4 is 0 Å². The average molecular weight is 418 g/mol. The van der Waals surface area contributed by atoms with Gasteiger partial charge in [0, 0.05) is 29.3 Å². The molecule has 0 aromatic heterocycles. The van der Waals surface area contributed by atoms with E-state index >= 15 is 0 Å². The lowest BCUT2D eigenvalue weighted by Crippen LogP contribution is -2.01. The van der Waals surface area contributed by atoms with Crippen LogP contribution in [0.2, 0.25) is 0 Å². The number of hydrogen-bond donors (Lipinski definition) is 0. The minimum atomic E-state index is -0.715. The lowest BCUT2D eigenvalue weighted by molar-refractivity contribution is -0.393. The number of benzene rings is 3. The summed E-state index contributed by atoms with van der Waals surface area (Å²) in [5, 5.41) is 34.4. The third kappa shape index (κ3) is 3.39. The Bertz CT molecular complexity index is 1330. The average Bonchev–Trinajstić information content (AvgIpc) is 2.99. The summed E-state index contributed by atoms with van der Waals surface area (Å²) in [6.45, 7) is 3.77. The third-order valence-electron chi connectivity index (χ3n) is 4.95. The predicted octanol–water partition coefficient (Wildman–Crippen LogP) is 5.18. The van der Waals surface area contributed by atoms with Crippen molar-refractivity contribution in [3.05, 3.63) is 101 Å². The Kier molecular flexibility index (Phi) is 4.54. The zero-order valence-corrected chi connectivity index (χ0v) is 16.4. The molecular weight excluding hydrogens is 404 g/mol. The van der Waals surface area contributed by atoms with E-state index in [9.17, 15) is 30.3 Å². The fraction of sp³-hybridized carbons (Fsp3) is 0.0952. The van der Waals surface area contributed by atoms with Crippen LogP contribution in [0.25, 0.3) is 11.1 Å². The van der Waals surface area contributed by atoms with Gasteiger partial charge in [-0.2, -0.15) is 0 Å². The van der Waals surface area contributed by atoms with Crippen LogP contribution in [0.1, 0.15) is 22.3 Å². The second kappa shape index (κ2) is 7.10. The molecule has 0 heterocycles.